The molecule has 3 N–H and O–H groups in total. The summed E-state index contributed by atoms with van der Waals surface area (Å²) in [5.74, 6) is 1.29. The third-order valence-electron chi connectivity index (χ3n) is 6.18. The second-order valence-electron chi connectivity index (χ2n) is 8.11. The summed E-state index contributed by atoms with van der Waals surface area (Å²) in [7, 11) is 0. The molecule has 2 saturated heterocycles. The Labute approximate surface area is 175 Å². The Morgan fingerprint density at radius 1 is 1.03 bits per heavy atom. The summed E-state index contributed by atoms with van der Waals surface area (Å²) in [6.07, 6.45) is 1.81. The molecule has 0 unspecified atom stereocenters. The van der Waals surface area contributed by atoms with Crippen LogP contribution in [0.2, 0.25) is 0 Å². The monoisotopic (exact) mass is 405 g/mol. The number of amides is 1. The molecule has 0 spiro atoms. The fourth-order valence-electron chi connectivity index (χ4n) is 4.42. The van der Waals surface area contributed by atoms with Crippen molar-refractivity contribution in [1.29, 1.82) is 0 Å². The molecular weight excluding hydrogens is 378 g/mol. The molecule has 156 valence electrons. The average molecular weight is 406 g/mol. The van der Waals surface area contributed by atoms with Crippen LogP contribution in [-0.4, -0.2) is 60.2 Å². The number of nitrogen functional groups attached to an aromatic ring is 1. The van der Waals surface area contributed by atoms with Crippen molar-refractivity contribution in [2.75, 3.05) is 50.0 Å². The third-order valence-corrected chi connectivity index (χ3v) is 6.18. The number of rotatable bonds is 3. The number of piperidine rings is 1. The number of morpholine rings is 1. The van der Waals surface area contributed by atoms with Crippen LogP contribution >= 0.6 is 0 Å². The second-order valence-corrected chi connectivity index (χ2v) is 8.11. The molecule has 5 rings (SSSR count). The number of carbonyl (C=O) groups excluding carboxylic acids is 1. The molecule has 7 heteroatoms. The number of hydrogen-bond donors (Lipinski definition) is 2. The number of nitrogens with two attached hydrogens (primary N) is 1. The fourth-order valence-corrected chi connectivity index (χ4v) is 4.42. The van der Waals surface area contributed by atoms with Gasteiger partial charge in [-0.2, -0.15) is 0 Å². The van der Waals surface area contributed by atoms with E-state index in [1.54, 1.807) is 0 Å². The maximum absolute atomic E-state index is 12.7. The van der Waals surface area contributed by atoms with Crippen molar-refractivity contribution in [1.82, 2.24) is 14.9 Å². The van der Waals surface area contributed by atoms with Crippen LogP contribution in [0, 0.1) is 5.92 Å². The summed E-state index contributed by atoms with van der Waals surface area (Å²) >= 11 is 0. The predicted molar refractivity (Wildman–Crippen MR) is 118 cm³/mol. The minimum Gasteiger partial charge on any atom is -0.399 e. The van der Waals surface area contributed by atoms with E-state index in [1.165, 1.54) is 5.69 Å². The molecule has 2 fully saturated rings. The first-order valence-electron chi connectivity index (χ1n) is 10.6. The van der Waals surface area contributed by atoms with E-state index in [0.29, 0.717) is 24.8 Å². The average Bonchev–Trinajstić information content (AvgIpc) is 3.23. The van der Waals surface area contributed by atoms with Gasteiger partial charge in [0, 0.05) is 49.0 Å². The minimum atomic E-state index is 0.140. The molecule has 30 heavy (non-hydrogen) atoms. The van der Waals surface area contributed by atoms with Crippen LogP contribution < -0.4 is 10.6 Å². The van der Waals surface area contributed by atoms with Crippen LogP contribution in [0.5, 0.6) is 0 Å². The standard InChI is InChI=1S/C23H27N5O2/c24-18-3-6-20-21(15-18)26-22(25-20)16-1-4-19(5-2-16)27-9-7-17(8-10-27)23(29)28-11-13-30-14-12-28/h1-6,15,17H,7-14,24H2,(H,25,26). The van der Waals surface area contributed by atoms with Crippen LogP contribution in [0.1, 0.15) is 12.8 Å². The van der Waals surface area contributed by atoms with Gasteiger partial charge in [0.25, 0.3) is 0 Å². The van der Waals surface area contributed by atoms with Gasteiger partial charge in [-0.3, -0.25) is 4.79 Å². The Balaban J connectivity index is 1.23. The van der Waals surface area contributed by atoms with Crippen molar-refractivity contribution in [3.8, 4) is 11.4 Å². The van der Waals surface area contributed by atoms with Gasteiger partial charge in [0.05, 0.1) is 24.2 Å². The summed E-state index contributed by atoms with van der Waals surface area (Å²) < 4.78 is 5.36. The van der Waals surface area contributed by atoms with Crippen molar-refractivity contribution in [3.63, 3.8) is 0 Å². The SMILES string of the molecule is Nc1ccc2[nH]c(-c3ccc(N4CCC(C(=O)N5CCOCC5)CC4)cc3)nc2c1. The molecule has 0 radical (unpaired) electrons. The van der Waals surface area contributed by atoms with E-state index in [2.05, 4.69) is 39.1 Å². The zero-order valence-electron chi connectivity index (χ0n) is 17.0. The van der Waals surface area contributed by atoms with Gasteiger partial charge in [0.15, 0.2) is 0 Å². The summed E-state index contributed by atoms with van der Waals surface area (Å²) in [5.41, 5.74) is 10.7. The molecule has 7 nitrogen and oxygen atoms in total. The predicted octanol–water partition coefficient (Wildman–Crippen LogP) is 2.89. The van der Waals surface area contributed by atoms with E-state index in [0.717, 1.165) is 61.4 Å². The first-order valence-corrected chi connectivity index (χ1v) is 10.6. The van der Waals surface area contributed by atoms with Crippen LogP contribution in [0.15, 0.2) is 42.5 Å². The lowest BCUT2D eigenvalue weighted by molar-refractivity contribution is -0.140. The first-order chi connectivity index (χ1) is 14.7. The van der Waals surface area contributed by atoms with Gasteiger partial charge in [0.2, 0.25) is 5.91 Å². The summed E-state index contributed by atoms with van der Waals surface area (Å²) in [4.78, 5) is 25.1. The van der Waals surface area contributed by atoms with Gasteiger partial charge in [-0.1, -0.05) is 0 Å². The lowest BCUT2D eigenvalue weighted by Crippen LogP contribution is -2.46. The minimum absolute atomic E-state index is 0.140. The number of aromatic nitrogens is 2. The summed E-state index contributed by atoms with van der Waals surface area (Å²) in [5, 5.41) is 0. The molecule has 1 aromatic heterocycles. The number of aromatic amines is 1. The highest BCUT2D eigenvalue weighted by molar-refractivity contribution is 5.82. The molecule has 0 atom stereocenters. The quantitative estimate of drug-likeness (QED) is 0.654. The van der Waals surface area contributed by atoms with E-state index >= 15 is 0 Å². The molecule has 3 heterocycles. The van der Waals surface area contributed by atoms with E-state index < -0.39 is 0 Å². The molecular formula is C23H27N5O2. The number of H-pyrrole nitrogens is 1. The lowest BCUT2D eigenvalue weighted by atomic mass is 9.94. The van der Waals surface area contributed by atoms with E-state index in [4.69, 9.17) is 10.5 Å². The molecule has 0 aliphatic carbocycles. The molecule has 2 aromatic carbocycles. The van der Waals surface area contributed by atoms with E-state index in [-0.39, 0.29) is 5.92 Å². The number of hydrogen-bond acceptors (Lipinski definition) is 5. The number of ether oxygens (including phenoxy) is 1. The van der Waals surface area contributed by atoms with Gasteiger partial charge in [-0.25, -0.2) is 4.98 Å². The topological polar surface area (TPSA) is 87.5 Å². The van der Waals surface area contributed by atoms with Crippen molar-refractivity contribution >= 4 is 28.3 Å². The van der Waals surface area contributed by atoms with Crippen LogP contribution in [0.4, 0.5) is 11.4 Å². The number of anilines is 2. The fraction of sp³-hybridized carbons (Fsp3) is 0.391. The third kappa shape index (κ3) is 3.73. The molecule has 1 amide bonds. The van der Waals surface area contributed by atoms with Crippen molar-refractivity contribution in [2.24, 2.45) is 5.92 Å². The highest BCUT2D eigenvalue weighted by Gasteiger charge is 2.29. The number of fused-ring (bicyclic) bond motifs is 1. The van der Waals surface area contributed by atoms with Crippen LogP contribution in [-0.2, 0) is 9.53 Å². The number of nitrogens with one attached hydrogen (secondary N) is 1. The number of benzene rings is 2. The Morgan fingerprint density at radius 3 is 2.50 bits per heavy atom. The van der Waals surface area contributed by atoms with E-state index in [1.807, 2.05) is 23.1 Å². The maximum Gasteiger partial charge on any atom is 0.225 e. The molecule has 2 aliphatic heterocycles. The smallest absolute Gasteiger partial charge is 0.225 e. The highest BCUT2D eigenvalue weighted by atomic mass is 16.5. The highest BCUT2D eigenvalue weighted by Crippen LogP contribution is 2.28. The summed E-state index contributed by atoms with van der Waals surface area (Å²) in [6.45, 7) is 4.60. The second kappa shape index (κ2) is 7.99. The number of nitrogens with zero attached hydrogens (tertiary/aromatic N) is 3. The maximum atomic E-state index is 12.7. The van der Waals surface area contributed by atoms with Crippen molar-refractivity contribution in [2.45, 2.75) is 12.8 Å². The van der Waals surface area contributed by atoms with Gasteiger partial charge in [0.1, 0.15) is 5.82 Å². The Kier molecular flexibility index (Phi) is 5.04. The zero-order valence-corrected chi connectivity index (χ0v) is 17.0. The molecule has 3 aromatic rings. The number of imidazole rings is 1. The zero-order chi connectivity index (χ0) is 20.5. The van der Waals surface area contributed by atoms with Crippen LogP contribution in [0.3, 0.4) is 0 Å². The lowest BCUT2D eigenvalue weighted by Gasteiger charge is -2.36. The van der Waals surface area contributed by atoms with Gasteiger partial charge >= 0.3 is 0 Å². The summed E-state index contributed by atoms with van der Waals surface area (Å²) in [6, 6.07) is 14.2. The number of carbonyl (C=O) groups is 1. The Morgan fingerprint density at radius 2 is 1.77 bits per heavy atom. The van der Waals surface area contributed by atoms with E-state index in [9.17, 15) is 4.79 Å². The normalized spacial score (nSPS) is 18.1. The van der Waals surface area contributed by atoms with Crippen molar-refractivity contribution in [3.05, 3.63) is 42.5 Å². The van der Waals surface area contributed by atoms with Gasteiger partial charge in [-0.05, 0) is 55.3 Å². The Hall–Kier alpha value is -3.06. The Bertz CT molecular complexity index is 1030. The first kappa shape index (κ1) is 18.9. The molecule has 0 saturated carbocycles. The van der Waals surface area contributed by atoms with Gasteiger partial charge in [-0.15, -0.1) is 0 Å². The molecule has 0 bridgehead atoms. The largest absolute Gasteiger partial charge is 0.399 e. The van der Waals surface area contributed by atoms with Crippen LogP contribution in [0.25, 0.3) is 22.4 Å². The van der Waals surface area contributed by atoms with Crippen molar-refractivity contribution < 1.29 is 9.53 Å². The molecule has 2 aliphatic rings. The van der Waals surface area contributed by atoms with Gasteiger partial charge < -0.3 is 25.3 Å².